The summed E-state index contributed by atoms with van der Waals surface area (Å²) in [6, 6.07) is 10.6. The number of carbonyl (C=O) groups excluding carboxylic acids is 3. The molecule has 158 valence electrons. The maximum atomic E-state index is 12.2. The number of carbonyl (C=O) groups is 3. The number of anilines is 1. The number of rotatable bonds is 7. The van der Waals surface area contributed by atoms with Crippen LogP contribution < -0.4 is 20.8 Å². The first-order chi connectivity index (χ1) is 14.3. The summed E-state index contributed by atoms with van der Waals surface area (Å²) < 4.78 is 6.47. The number of benzene rings is 2. The van der Waals surface area contributed by atoms with Crippen molar-refractivity contribution in [1.29, 1.82) is 0 Å². The summed E-state index contributed by atoms with van der Waals surface area (Å²) in [6.07, 6.45) is 1.40. The second kappa shape index (κ2) is 11.1. The molecule has 3 amide bonds. The molecule has 0 aliphatic heterocycles. The predicted molar refractivity (Wildman–Crippen MR) is 119 cm³/mol. The number of hydrogen-bond donors (Lipinski definition) is 3. The van der Waals surface area contributed by atoms with Crippen molar-refractivity contribution in [3.8, 4) is 5.75 Å². The lowest BCUT2D eigenvalue weighted by molar-refractivity contribution is -0.139. The van der Waals surface area contributed by atoms with Gasteiger partial charge in [0.25, 0.3) is 5.91 Å². The monoisotopic (exact) mass is 474 g/mol. The Morgan fingerprint density at radius 3 is 2.30 bits per heavy atom. The van der Waals surface area contributed by atoms with Crippen molar-refractivity contribution in [2.24, 2.45) is 5.10 Å². The number of aryl methyl sites for hydroxylation is 2. The van der Waals surface area contributed by atoms with Crippen molar-refractivity contribution in [2.45, 2.75) is 20.8 Å². The smallest absolute Gasteiger partial charge is 0.329 e. The van der Waals surface area contributed by atoms with E-state index in [4.69, 9.17) is 4.74 Å². The Balaban J connectivity index is 1.84. The van der Waals surface area contributed by atoms with E-state index in [1.807, 2.05) is 26.0 Å². The van der Waals surface area contributed by atoms with Crippen molar-refractivity contribution in [2.75, 3.05) is 18.5 Å². The van der Waals surface area contributed by atoms with Crippen molar-refractivity contribution in [3.63, 3.8) is 0 Å². The molecular formula is C21H23BrN4O4. The van der Waals surface area contributed by atoms with Crippen molar-refractivity contribution in [3.05, 3.63) is 57.6 Å². The molecule has 0 bridgehead atoms. The molecule has 2 aromatic carbocycles. The largest absolute Gasteiger partial charge is 0.484 e. The highest BCUT2D eigenvalue weighted by atomic mass is 79.9. The van der Waals surface area contributed by atoms with Crippen LogP contribution in [0, 0.1) is 13.8 Å². The van der Waals surface area contributed by atoms with Gasteiger partial charge in [-0.25, -0.2) is 5.43 Å². The van der Waals surface area contributed by atoms with Gasteiger partial charge < -0.3 is 15.4 Å². The van der Waals surface area contributed by atoms with E-state index < -0.39 is 11.8 Å². The number of likely N-dealkylation sites (N-methyl/N-ethyl adjacent to an activating group) is 1. The lowest BCUT2D eigenvalue weighted by Crippen LogP contribution is -2.37. The Morgan fingerprint density at radius 2 is 1.70 bits per heavy atom. The highest BCUT2D eigenvalue weighted by Gasteiger charge is 2.11. The number of amides is 3. The summed E-state index contributed by atoms with van der Waals surface area (Å²) in [7, 11) is 0. The lowest BCUT2D eigenvalue weighted by atomic mass is 10.1. The Bertz CT molecular complexity index is 935. The van der Waals surface area contributed by atoms with Gasteiger partial charge in [-0.05, 0) is 73.9 Å². The summed E-state index contributed by atoms with van der Waals surface area (Å²) >= 11 is 3.43. The standard InChI is InChI=1S/C21H23BrN4O4/c1-4-23-20(28)21(29)26-24-11-15-5-7-17(8-6-15)30-12-18(27)25-19-13(2)9-16(22)10-14(19)3/h5-11H,4,12H2,1-3H3,(H,23,28)(H,25,27)(H,26,29)/b24-11-. The van der Waals surface area contributed by atoms with Gasteiger partial charge in [0.1, 0.15) is 5.75 Å². The maximum absolute atomic E-state index is 12.2. The molecule has 0 heterocycles. The Morgan fingerprint density at radius 1 is 1.07 bits per heavy atom. The molecule has 0 saturated heterocycles. The minimum absolute atomic E-state index is 0.134. The molecule has 2 aromatic rings. The molecule has 0 radical (unpaired) electrons. The van der Waals surface area contributed by atoms with Gasteiger partial charge in [0, 0.05) is 16.7 Å². The first-order valence-electron chi connectivity index (χ1n) is 9.20. The first-order valence-corrected chi connectivity index (χ1v) is 10.00. The van der Waals surface area contributed by atoms with Crippen LogP contribution in [0.3, 0.4) is 0 Å². The van der Waals surface area contributed by atoms with E-state index in [0.717, 1.165) is 21.3 Å². The van der Waals surface area contributed by atoms with Gasteiger partial charge in [0.05, 0.1) is 6.21 Å². The van der Waals surface area contributed by atoms with Crippen molar-refractivity contribution in [1.82, 2.24) is 10.7 Å². The molecular weight excluding hydrogens is 452 g/mol. The topological polar surface area (TPSA) is 109 Å². The third-order valence-corrected chi connectivity index (χ3v) is 4.39. The van der Waals surface area contributed by atoms with E-state index in [1.54, 1.807) is 31.2 Å². The summed E-state index contributed by atoms with van der Waals surface area (Å²) in [5.74, 6) is -1.33. The van der Waals surface area contributed by atoms with Crippen LogP contribution in [0.5, 0.6) is 5.75 Å². The maximum Gasteiger partial charge on any atom is 0.329 e. The summed E-state index contributed by atoms with van der Waals surface area (Å²) in [6.45, 7) is 5.79. The number of ether oxygens (including phenoxy) is 1. The van der Waals surface area contributed by atoms with Gasteiger partial charge in [-0.3, -0.25) is 14.4 Å². The molecule has 2 rings (SSSR count). The van der Waals surface area contributed by atoms with E-state index in [2.05, 4.69) is 37.1 Å². The van der Waals surface area contributed by atoms with Crippen LogP contribution in [-0.4, -0.2) is 37.1 Å². The molecule has 8 nitrogen and oxygen atoms in total. The van der Waals surface area contributed by atoms with Gasteiger partial charge in [-0.1, -0.05) is 15.9 Å². The van der Waals surface area contributed by atoms with Crippen LogP contribution in [0.25, 0.3) is 0 Å². The molecule has 3 N–H and O–H groups in total. The second-order valence-corrected chi connectivity index (χ2v) is 7.29. The SMILES string of the molecule is CCNC(=O)C(=O)N/N=C\c1ccc(OCC(=O)Nc2c(C)cc(Br)cc2C)cc1. The fraction of sp³-hybridized carbons (Fsp3) is 0.238. The fourth-order valence-electron chi connectivity index (χ4n) is 2.54. The number of nitrogens with one attached hydrogen (secondary N) is 3. The van der Waals surface area contributed by atoms with E-state index in [1.165, 1.54) is 6.21 Å². The van der Waals surface area contributed by atoms with Crippen LogP contribution in [0.2, 0.25) is 0 Å². The average Bonchev–Trinajstić information content (AvgIpc) is 2.70. The van der Waals surface area contributed by atoms with Gasteiger partial charge in [-0.15, -0.1) is 0 Å². The zero-order valence-electron chi connectivity index (χ0n) is 16.9. The fourth-order valence-corrected chi connectivity index (χ4v) is 3.23. The molecule has 0 saturated carbocycles. The second-order valence-electron chi connectivity index (χ2n) is 6.38. The molecule has 0 fully saturated rings. The van der Waals surface area contributed by atoms with Crippen molar-refractivity contribution < 1.29 is 19.1 Å². The quantitative estimate of drug-likeness (QED) is 0.325. The highest BCUT2D eigenvalue weighted by Crippen LogP contribution is 2.25. The Hall–Kier alpha value is -3.20. The molecule has 30 heavy (non-hydrogen) atoms. The summed E-state index contributed by atoms with van der Waals surface area (Å²) in [5.41, 5.74) is 5.51. The van der Waals surface area contributed by atoms with E-state index in [0.29, 0.717) is 17.9 Å². The van der Waals surface area contributed by atoms with Crippen LogP contribution in [0.4, 0.5) is 5.69 Å². The third kappa shape index (κ3) is 7.00. The zero-order chi connectivity index (χ0) is 22.1. The number of halogens is 1. The minimum atomic E-state index is -0.838. The number of nitrogens with zero attached hydrogens (tertiary/aromatic N) is 1. The molecule has 0 aromatic heterocycles. The Kier molecular flexibility index (Phi) is 8.54. The molecule has 0 spiro atoms. The molecule has 0 aliphatic rings. The van der Waals surface area contributed by atoms with Gasteiger partial charge in [-0.2, -0.15) is 5.10 Å². The van der Waals surface area contributed by atoms with Crippen LogP contribution >= 0.6 is 15.9 Å². The van der Waals surface area contributed by atoms with E-state index >= 15 is 0 Å². The normalized spacial score (nSPS) is 10.5. The van der Waals surface area contributed by atoms with E-state index in [9.17, 15) is 14.4 Å². The first kappa shape index (κ1) is 23.1. The molecule has 0 aliphatic carbocycles. The summed E-state index contributed by atoms with van der Waals surface area (Å²) in [4.78, 5) is 34.9. The average molecular weight is 475 g/mol. The molecule has 0 atom stereocenters. The van der Waals surface area contributed by atoms with Gasteiger partial charge >= 0.3 is 11.8 Å². The minimum Gasteiger partial charge on any atom is -0.484 e. The molecule has 9 heteroatoms. The molecule has 0 unspecified atom stereocenters. The Labute approximate surface area is 183 Å². The van der Waals surface area contributed by atoms with Crippen LogP contribution in [0.15, 0.2) is 46.0 Å². The van der Waals surface area contributed by atoms with Crippen molar-refractivity contribution >= 4 is 45.6 Å². The zero-order valence-corrected chi connectivity index (χ0v) is 18.5. The predicted octanol–water partition coefficient (Wildman–Crippen LogP) is 2.67. The van der Waals surface area contributed by atoms with Gasteiger partial charge in [0.15, 0.2) is 6.61 Å². The van der Waals surface area contributed by atoms with E-state index in [-0.39, 0.29) is 12.5 Å². The summed E-state index contributed by atoms with van der Waals surface area (Å²) in [5, 5.41) is 8.96. The van der Waals surface area contributed by atoms with Crippen LogP contribution in [0.1, 0.15) is 23.6 Å². The third-order valence-electron chi connectivity index (χ3n) is 3.94. The lowest BCUT2D eigenvalue weighted by Gasteiger charge is -2.13. The van der Waals surface area contributed by atoms with Crippen LogP contribution in [-0.2, 0) is 14.4 Å². The number of hydrazone groups is 1. The van der Waals surface area contributed by atoms with Gasteiger partial charge in [0.2, 0.25) is 0 Å². The highest BCUT2D eigenvalue weighted by molar-refractivity contribution is 9.10. The number of hydrogen-bond acceptors (Lipinski definition) is 5.